The molecule has 1 heterocycles. The largest absolute Gasteiger partial charge is 0.460 e. The van der Waals surface area contributed by atoms with Crippen LogP contribution in [0.15, 0.2) is 51.4 Å². The Morgan fingerprint density at radius 1 is 1.17 bits per heavy atom. The predicted molar refractivity (Wildman–Crippen MR) is 94.3 cm³/mol. The number of benzene rings is 2. The second kappa shape index (κ2) is 6.46. The van der Waals surface area contributed by atoms with Crippen LogP contribution in [0.5, 0.6) is 0 Å². The summed E-state index contributed by atoms with van der Waals surface area (Å²) < 4.78 is 11.7. The Labute approximate surface area is 142 Å². The molecule has 4 nitrogen and oxygen atoms in total. The number of carbonyl (C=O) groups excluding carboxylic acids is 1. The normalized spacial score (nSPS) is 10.7. The van der Waals surface area contributed by atoms with Crippen molar-refractivity contribution in [2.75, 3.05) is 11.9 Å². The summed E-state index contributed by atoms with van der Waals surface area (Å²) in [7, 11) is 0. The van der Waals surface area contributed by atoms with Crippen LogP contribution in [0.2, 0.25) is 0 Å². The number of rotatable bonds is 4. The number of nitrogens with one attached hydrogen (secondary N) is 1. The van der Waals surface area contributed by atoms with Gasteiger partial charge < -0.3 is 14.5 Å². The van der Waals surface area contributed by atoms with Gasteiger partial charge in [0, 0.05) is 26.8 Å². The fourth-order valence-corrected chi connectivity index (χ4v) is 2.65. The van der Waals surface area contributed by atoms with E-state index in [1.165, 1.54) is 0 Å². The van der Waals surface area contributed by atoms with E-state index in [0.717, 1.165) is 26.8 Å². The van der Waals surface area contributed by atoms with Crippen molar-refractivity contribution in [3.63, 3.8) is 0 Å². The van der Waals surface area contributed by atoms with Crippen molar-refractivity contribution in [3.05, 3.63) is 58.3 Å². The summed E-state index contributed by atoms with van der Waals surface area (Å²) in [6, 6.07) is 13.7. The minimum absolute atomic E-state index is 0.266. The van der Waals surface area contributed by atoms with Crippen LogP contribution < -0.4 is 5.32 Å². The molecule has 0 aliphatic heterocycles. The number of carbonyl (C=O) groups is 1. The van der Waals surface area contributed by atoms with Crippen molar-refractivity contribution >= 4 is 44.2 Å². The Morgan fingerprint density at radius 3 is 2.57 bits per heavy atom. The molecule has 0 aliphatic rings. The lowest BCUT2D eigenvalue weighted by atomic mass is 10.1. The van der Waals surface area contributed by atoms with Crippen molar-refractivity contribution in [2.24, 2.45) is 0 Å². The van der Waals surface area contributed by atoms with Crippen molar-refractivity contribution in [2.45, 2.75) is 13.8 Å². The summed E-state index contributed by atoms with van der Waals surface area (Å²) in [4.78, 5) is 11.9. The first kappa shape index (κ1) is 15.6. The number of fused-ring (bicyclic) bond motifs is 1. The van der Waals surface area contributed by atoms with Gasteiger partial charge in [0.1, 0.15) is 5.58 Å². The molecule has 1 aromatic heterocycles. The summed E-state index contributed by atoms with van der Waals surface area (Å²) in [5, 5.41) is 4.23. The van der Waals surface area contributed by atoms with E-state index in [1.54, 1.807) is 6.92 Å². The molecule has 0 spiro atoms. The standard InChI is InChI=1S/C18H16BrNO3/c1-3-22-18(21)17-11(2)15-10-14(8-9-16(15)23-17)20-13-6-4-12(19)5-7-13/h4-10,20H,3H2,1-2H3. The highest BCUT2D eigenvalue weighted by Gasteiger charge is 2.18. The molecule has 2 aromatic carbocycles. The van der Waals surface area contributed by atoms with Gasteiger partial charge in [-0.05, 0) is 56.3 Å². The van der Waals surface area contributed by atoms with Crippen molar-refractivity contribution in [1.29, 1.82) is 0 Å². The van der Waals surface area contributed by atoms with Gasteiger partial charge in [0.05, 0.1) is 6.61 Å². The third-order valence-corrected chi connectivity index (χ3v) is 4.06. The highest BCUT2D eigenvalue weighted by molar-refractivity contribution is 9.10. The van der Waals surface area contributed by atoms with Gasteiger partial charge in [0.2, 0.25) is 5.76 Å². The van der Waals surface area contributed by atoms with Gasteiger partial charge in [-0.3, -0.25) is 0 Å². The number of hydrogen-bond acceptors (Lipinski definition) is 4. The second-order valence-corrected chi connectivity index (χ2v) is 6.04. The topological polar surface area (TPSA) is 51.5 Å². The zero-order valence-corrected chi connectivity index (χ0v) is 14.4. The number of furan rings is 1. The molecule has 0 unspecified atom stereocenters. The quantitative estimate of drug-likeness (QED) is 0.620. The van der Waals surface area contributed by atoms with Crippen LogP contribution in [0.4, 0.5) is 11.4 Å². The van der Waals surface area contributed by atoms with Crippen LogP contribution >= 0.6 is 15.9 Å². The lowest BCUT2D eigenvalue weighted by Gasteiger charge is -2.06. The number of hydrogen-bond donors (Lipinski definition) is 1. The average Bonchev–Trinajstić information content (AvgIpc) is 2.87. The van der Waals surface area contributed by atoms with Crippen LogP contribution in [-0.4, -0.2) is 12.6 Å². The molecule has 0 amide bonds. The van der Waals surface area contributed by atoms with Crippen LogP contribution in [0.1, 0.15) is 23.0 Å². The van der Waals surface area contributed by atoms with Crippen molar-refractivity contribution in [1.82, 2.24) is 0 Å². The average molecular weight is 374 g/mol. The minimum Gasteiger partial charge on any atom is -0.460 e. The fraction of sp³-hybridized carbons (Fsp3) is 0.167. The Morgan fingerprint density at radius 2 is 1.87 bits per heavy atom. The first-order valence-corrected chi connectivity index (χ1v) is 8.10. The highest BCUT2D eigenvalue weighted by Crippen LogP contribution is 2.29. The summed E-state index contributed by atoms with van der Waals surface area (Å²) in [6.45, 7) is 3.96. The smallest absolute Gasteiger partial charge is 0.374 e. The third kappa shape index (κ3) is 3.24. The zero-order valence-electron chi connectivity index (χ0n) is 12.9. The molecule has 0 bridgehead atoms. The maximum Gasteiger partial charge on any atom is 0.374 e. The summed E-state index contributed by atoms with van der Waals surface area (Å²) >= 11 is 3.42. The first-order chi connectivity index (χ1) is 11.1. The van der Waals surface area contributed by atoms with Crippen LogP contribution in [-0.2, 0) is 4.74 Å². The predicted octanol–water partition coefficient (Wildman–Crippen LogP) is 5.42. The molecule has 0 radical (unpaired) electrons. The van der Waals surface area contributed by atoms with Crippen LogP contribution in [0.3, 0.4) is 0 Å². The third-order valence-electron chi connectivity index (χ3n) is 3.53. The summed E-state index contributed by atoms with van der Waals surface area (Å²) in [5.74, 6) is -0.161. The molecule has 0 atom stereocenters. The molecular weight excluding hydrogens is 358 g/mol. The van der Waals surface area contributed by atoms with Crippen LogP contribution in [0, 0.1) is 6.92 Å². The van der Waals surface area contributed by atoms with E-state index in [1.807, 2.05) is 49.4 Å². The Balaban J connectivity index is 1.93. The van der Waals surface area contributed by atoms with Gasteiger partial charge in [0.15, 0.2) is 0 Å². The Hall–Kier alpha value is -2.27. The lowest BCUT2D eigenvalue weighted by Crippen LogP contribution is -2.04. The van der Waals surface area contributed by atoms with Gasteiger partial charge in [-0.25, -0.2) is 4.79 Å². The molecule has 0 aliphatic carbocycles. The number of ether oxygens (including phenoxy) is 1. The van der Waals surface area contributed by atoms with E-state index in [2.05, 4.69) is 21.2 Å². The number of anilines is 2. The Bertz CT molecular complexity index is 853. The maximum absolute atomic E-state index is 11.9. The monoisotopic (exact) mass is 373 g/mol. The van der Waals surface area contributed by atoms with E-state index in [0.29, 0.717) is 12.2 Å². The first-order valence-electron chi connectivity index (χ1n) is 7.31. The van der Waals surface area contributed by atoms with Gasteiger partial charge >= 0.3 is 5.97 Å². The fourth-order valence-electron chi connectivity index (χ4n) is 2.39. The van der Waals surface area contributed by atoms with E-state index in [9.17, 15) is 4.79 Å². The minimum atomic E-state index is -0.427. The molecule has 5 heteroatoms. The number of esters is 1. The van der Waals surface area contributed by atoms with Crippen LogP contribution in [0.25, 0.3) is 11.0 Å². The number of halogens is 1. The molecule has 23 heavy (non-hydrogen) atoms. The summed E-state index contributed by atoms with van der Waals surface area (Å²) in [5.41, 5.74) is 3.38. The highest BCUT2D eigenvalue weighted by atomic mass is 79.9. The van der Waals surface area contributed by atoms with Crippen molar-refractivity contribution < 1.29 is 13.9 Å². The number of aryl methyl sites for hydroxylation is 1. The zero-order chi connectivity index (χ0) is 16.4. The van der Waals surface area contributed by atoms with Gasteiger partial charge in [-0.15, -0.1) is 0 Å². The lowest BCUT2D eigenvalue weighted by molar-refractivity contribution is 0.0491. The molecule has 0 saturated carbocycles. The van der Waals surface area contributed by atoms with Gasteiger partial charge in [-0.1, -0.05) is 15.9 Å². The molecular formula is C18H16BrNO3. The second-order valence-electron chi connectivity index (χ2n) is 5.12. The van der Waals surface area contributed by atoms with Crippen molar-refractivity contribution in [3.8, 4) is 0 Å². The van der Waals surface area contributed by atoms with E-state index < -0.39 is 5.97 Å². The molecule has 0 saturated heterocycles. The van der Waals surface area contributed by atoms with E-state index in [4.69, 9.17) is 9.15 Å². The molecule has 118 valence electrons. The van der Waals surface area contributed by atoms with E-state index >= 15 is 0 Å². The maximum atomic E-state index is 11.9. The SMILES string of the molecule is CCOC(=O)c1oc2ccc(Nc3ccc(Br)cc3)cc2c1C. The molecule has 1 N–H and O–H groups in total. The van der Waals surface area contributed by atoms with E-state index in [-0.39, 0.29) is 5.76 Å². The molecule has 3 aromatic rings. The van der Waals surface area contributed by atoms with Gasteiger partial charge in [0.25, 0.3) is 0 Å². The summed E-state index contributed by atoms with van der Waals surface area (Å²) in [6.07, 6.45) is 0. The van der Waals surface area contributed by atoms with Gasteiger partial charge in [-0.2, -0.15) is 0 Å². The Kier molecular flexibility index (Phi) is 4.39. The molecule has 3 rings (SSSR count). The molecule has 0 fully saturated rings.